The van der Waals surface area contributed by atoms with Crippen molar-refractivity contribution in [3.8, 4) is 0 Å². The predicted octanol–water partition coefficient (Wildman–Crippen LogP) is 4.24. The molecule has 0 saturated carbocycles. The molecule has 2 N–H and O–H groups in total. The normalized spacial score (nSPS) is 10.6. The molecule has 0 fully saturated rings. The number of aromatic nitrogens is 2. The third kappa shape index (κ3) is 6.73. The molecule has 0 aliphatic carbocycles. The molecule has 1 heterocycles. The Morgan fingerprint density at radius 1 is 0.800 bits per heavy atom. The molecule has 1 aromatic heterocycles. The Balaban J connectivity index is 2.55. The molecule has 0 aromatic carbocycles. The molecule has 4 heteroatoms. The second-order valence-corrected chi connectivity index (χ2v) is 5.22. The molecule has 0 amide bonds. The van der Waals surface area contributed by atoms with E-state index in [2.05, 4.69) is 41.4 Å². The average molecular weight is 278 g/mol. The lowest BCUT2D eigenvalue weighted by Gasteiger charge is -2.10. The maximum absolute atomic E-state index is 4.59. The molecule has 4 nitrogen and oxygen atoms in total. The van der Waals surface area contributed by atoms with Gasteiger partial charge in [-0.25, -0.2) is 9.97 Å². The van der Waals surface area contributed by atoms with Crippen LogP contribution in [0, 0.1) is 0 Å². The van der Waals surface area contributed by atoms with Crippen molar-refractivity contribution < 1.29 is 0 Å². The first-order valence-corrected chi connectivity index (χ1v) is 8.15. The van der Waals surface area contributed by atoms with Gasteiger partial charge in [-0.05, 0) is 19.3 Å². The monoisotopic (exact) mass is 278 g/mol. The number of anilines is 2. The number of unbranched alkanes of at least 4 members (excludes halogenated alkanes) is 3. The maximum atomic E-state index is 4.59. The third-order valence-corrected chi connectivity index (χ3v) is 3.14. The van der Waals surface area contributed by atoms with E-state index in [0.29, 0.717) is 0 Å². The minimum absolute atomic E-state index is 0.935. The van der Waals surface area contributed by atoms with Crippen molar-refractivity contribution in [2.24, 2.45) is 0 Å². The Bertz CT molecular complexity index is 365. The third-order valence-electron chi connectivity index (χ3n) is 3.14. The summed E-state index contributed by atoms with van der Waals surface area (Å²) in [6.07, 6.45) is 8.21. The van der Waals surface area contributed by atoms with E-state index in [4.69, 9.17) is 0 Å². The molecule has 114 valence electrons. The lowest BCUT2D eigenvalue weighted by molar-refractivity contribution is 0.684. The van der Waals surface area contributed by atoms with E-state index in [-0.39, 0.29) is 0 Å². The Kier molecular flexibility index (Phi) is 8.76. The van der Waals surface area contributed by atoms with Crippen molar-refractivity contribution in [3.63, 3.8) is 0 Å². The van der Waals surface area contributed by atoms with Gasteiger partial charge in [0.25, 0.3) is 0 Å². The van der Waals surface area contributed by atoms with E-state index in [1.807, 2.05) is 6.07 Å². The summed E-state index contributed by atoms with van der Waals surface area (Å²) in [5, 5.41) is 6.78. The number of rotatable bonds is 11. The fourth-order valence-corrected chi connectivity index (χ4v) is 2.03. The average Bonchev–Trinajstić information content (AvgIpc) is 2.45. The van der Waals surface area contributed by atoms with E-state index in [1.54, 1.807) is 0 Å². The van der Waals surface area contributed by atoms with Crippen molar-refractivity contribution in [3.05, 3.63) is 11.9 Å². The molecule has 0 radical (unpaired) electrons. The van der Waals surface area contributed by atoms with Crippen molar-refractivity contribution in [2.75, 3.05) is 23.7 Å². The van der Waals surface area contributed by atoms with Gasteiger partial charge in [0.05, 0.1) is 0 Å². The standard InChI is InChI=1S/C16H30N4/c1-4-7-8-9-12-18-16-13-15(17-11-6-3)19-14(20-16)10-5-2/h13H,4-12H2,1-3H3,(H2,17,18,19,20). The van der Waals surface area contributed by atoms with Crippen molar-refractivity contribution >= 4 is 11.6 Å². The maximum Gasteiger partial charge on any atom is 0.133 e. The Hall–Kier alpha value is -1.32. The summed E-state index contributed by atoms with van der Waals surface area (Å²) in [6, 6.07) is 2.02. The number of nitrogens with zero attached hydrogens (tertiary/aromatic N) is 2. The summed E-state index contributed by atoms with van der Waals surface area (Å²) in [7, 11) is 0. The largest absolute Gasteiger partial charge is 0.370 e. The van der Waals surface area contributed by atoms with Gasteiger partial charge >= 0.3 is 0 Å². The number of hydrogen-bond acceptors (Lipinski definition) is 4. The highest BCUT2D eigenvalue weighted by molar-refractivity contribution is 5.47. The predicted molar refractivity (Wildman–Crippen MR) is 87.4 cm³/mol. The van der Waals surface area contributed by atoms with E-state index in [1.165, 1.54) is 25.7 Å². The zero-order valence-corrected chi connectivity index (χ0v) is 13.3. The lowest BCUT2D eigenvalue weighted by Crippen LogP contribution is -2.09. The topological polar surface area (TPSA) is 49.8 Å². The van der Waals surface area contributed by atoms with Gasteiger partial charge in [-0.3, -0.25) is 0 Å². The van der Waals surface area contributed by atoms with Gasteiger partial charge in [-0.2, -0.15) is 0 Å². The van der Waals surface area contributed by atoms with E-state index in [9.17, 15) is 0 Å². The number of nitrogens with one attached hydrogen (secondary N) is 2. The Labute approximate surface area is 123 Å². The molecule has 0 bridgehead atoms. The van der Waals surface area contributed by atoms with Crippen LogP contribution in [0.4, 0.5) is 11.6 Å². The first kappa shape index (κ1) is 16.7. The highest BCUT2D eigenvalue weighted by Gasteiger charge is 2.03. The molecule has 0 spiro atoms. The summed E-state index contributed by atoms with van der Waals surface area (Å²) in [6.45, 7) is 8.51. The quantitative estimate of drug-likeness (QED) is 0.594. The van der Waals surface area contributed by atoms with Gasteiger partial charge in [0, 0.05) is 25.6 Å². The fourth-order valence-electron chi connectivity index (χ4n) is 2.03. The molecule has 1 rings (SSSR count). The fraction of sp³-hybridized carbons (Fsp3) is 0.750. The van der Waals surface area contributed by atoms with Crippen molar-refractivity contribution in [2.45, 2.75) is 65.7 Å². The van der Waals surface area contributed by atoms with E-state index >= 15 is 0 Å². The second-order valence-electron chi connectivity index (χ2n) is 5.22. The first-order valence-electron chi connectivity index (χ1n) is 8.15. The van der Waals surface area contributed by atoms with Crippen LogP contribution in [-0.4, -0.2) is 23.1 Å². The zero-order chi connectivity index (χ0) is 14.6. The molecule has 0 aliphatic rings. The van der Waals surface area contributed by atoms with Crippen LogP contribution in [-0.2, 0) is 6.42 Å². The van der Waals surface area contributed by atoms with Crippen LogP contribution in [0.1, 0.15) is 65.1 Å². The SMILES string of the molecule is CCCCCCNc1cc(NCCC)nc(CCC)n1. The molecular weight excluding hydrogens is 248 g/mol. The molecule has 1 aromatic rings. The smallest absolute Gasteiger partial charge is 0.133 e. The summed E-state index contributed by atoms with van der Waals surface area (Å²) in [5.41, 5.74) is 0. The Morgan fingerprint density at radius 2 is 1.50 bits per heavy atom. The number of aryl methyl sites for hydroxylation is 1. The molecular formula is C16H30N4. The summed E-state index contributed by atoms with van der Waals surface area (Å²) < 4.78 is 0. The second kappa shape index (κ2) is 10.5. The van der Waals surface area contributed by atoms with Gasteiger partial charge < -0.3 is 10.6 Å². The van der Waals surface area contributed by atoms with Crippen LogP contribution in [0.15, 0.2) is 6.07 Å². The molecule has 20 heavy (non-hydrogen) atoms. The van der Waals surface area contributed by atoms with Crippen LogP contribution in [0.2, 0.25) is 0 Å². The van der Waals surface area contributed by atoms with E-state index < -0.39 is 0 Å². The van der Waals surface area contributed by atoms with Gasteiger partial charge in [0.15, 0.2) is 0 Å². The molecule has 0 unspecified atom stereocenters. The molecule has 0 aliphatic heterocycles. The summed E-state index contributed by atoms with van der Waals surface area (Å²) in [4.78, 5) is 9.14. The van der Waals surface area contributed by atoms with Crippen LogP contribution >= 0.6 is 0 Å². The molecule has 0 atom stereocenters. The van der Waals surface area contributed by atoms with Gasteiger partial charge in [0.2, 0.25) is 0 Å². The highest BCUT2D eigenvalue weighted by Crippen LogP contribution is 2.13. The van der Waals surface area contributed by atoms with Crippen molar-refractivity contribution in [1.29, 1.82) is 0 Å². The summed E-state index contributed by atoms with van der Waals surface area (Å²) >= 11 is 0. The summed E-state index contributed by atoms with van der Waals surface area (Å²) in [5.74, 6) is 2.84. The zero-order valence-electron chi connectivity index (χ0n) is 13.3. The molecule has 0 saturated heterocycles. The van der Waals surface area contributed by atoms with Crippen LogP contribution < -0.4 is 10.6 Å². The van der Waals surface area contributed by atoms with Crippen molar-refractivity contribution in [1.82, 2.24) is 9.97 Å². The highest BCUT2D eigenvalue weighted by atomic mass is 15.1. The minimum atomic E-state index is 0.935. The lowest BCUT2D eigenvalue weighted by atomic mass is 10.2. The van der Waals surface area contributed by atoms with Gasteiger partial charge in [-0.1, -0.05) is 40.0 Å². The van der Waals surface area contributed by atoms with E-state index in [0.717, 1.165) is 49.8 Å². The Morgan fingerprint density at radius 3 is 2.10 bits per heavy atom. The van der Waals surface area contributed by atoms with Gasteiger partial charge in [0.1, 0.15) is 17.5 Å². The number of hydrogen-bond donors (Lipinski definition) is 2. The minimum Gasteiger partial charge on any atom is -0.370 e. The van der Waals surface area contributed by atoms with Crippen LogP contribution in [0.25, 0.3) is 0 Å². The van der Waals surface area contributed by atoms with Gasteiger partial charge in [-0.15, -0.1) is 0 Å². The van der Waals surface area contributed by atoms with Crippen LogP contribution in [0.5, 0.6) is 0 Å². The van der Waals surface area contributed by atoms with Crippen LogP contribution in [0.3, 0.4) is 0 Å². The first-order chi connectivity index (χ1) is 9.80.